The molecule has 2 rings (SSSR count). The minimum Gasteiger partial charge on any atom is -0.494 e. The molecule has 2 nitrogen and oxygen atoms in total. The predicted octanol–water partition coefficient (Wildman–Crippen LogP) is 4.93. The molecule has 124 valence electrons. The molecule has 2 N–H and O–H groups in total. The summed E-state index contributed by atoms with van der Waals surface area (Å²) in [5.74, 6) is 1.33. The summed E-state index contributed by atoms with van der Waals surface area (Å²) in [6.07, 6.45) is 5.88. The van der Waals surface area contributed by atoms with Crippen LogP contribution in [0.3, 0.4) is 0 Å². The Bertz CT molecular complexity index is 553. The summed E-state index contributed by atoms with van der Waals surface area (Å²) in [6, 6.07) is 19.0. The van der Waals surface area contributed by atoms with Crippen LogP contribution in [0, 0.1) is 0 Å². The summed E-state index contributed by atoms with van der Waals surface area (Å²) in [5.41, 5.74) is 8.58. The average Bonchev–Trinajstić information content (AvgIpc) is 2.60. The summed E-state index contributed by atoms with van der Waals surface area (Å²) >= 11 is 0. The highest BCUT2D eigenvalue weighted by Gasteiger charge is 2.10. The fraction of sp³-hybridized carbons (Fsp3) is 0.429. The van der Waals surface area contributed by atoms with Gasteiger partial charge >= 0.3 is 0 Å². The maximum atomic E-state index is 5.99. The zero-order valence-electron chi connectivity index (χ0n) is 14.2. The van der Waals surface area contributed by atoms with Crippen LogP contribution in [0.4, 0.5) is 0 Å². The molecule has 0 bridgehead atoms. The molecule has 2 heteroatoms. The molecule has 0 aliphatic heterocycles. The van der Waals surface area contributed by atoms with Crippen molar-refractivity contribution in [2.24, 2.45) is 5.73 Å². The van der Waals surface area contributed by atoms with Crippen LogP contribution in [-0.4, -0.2) is 13.2 Å². The SMILES string of the molecule is CCCCCCOc1cccc(CC(CN)c2ccccc2)c1. The molecule has 0 fully saturated rings. The monoisotopic (exact) mass is 311 g/mol. The van der Waals surface area contributed by atoms with E-state index >= 15 is 0 Å². The van der Waals surface area contributed by atoms with Crippen molar-refractivity contribution in [2.75, 3.05) is 13.2 Å². The molecule has 0 spiro atoms. The molecule has 23 heavy (non-hydrogen) atoms. The molecule has 0 radical (unpaired) electrons. The van der Waals surface area contributed by atoms with E-state index in [0.29, 0.717) is 12.5 Å². The summed E-state index contributed by atoms with van der Waals surface area (Å²) in [4.78, 5) is 0. The summed E-state index contributed by atoms with van der Waals surface area (Å²) in [7, 11) is 0. The van der Waals surface area contributed by atoms with Gasteiger partial charge in [-0.3, -0.25) is 0 Å². The van der Waals surface area contributed by atoms with Gasteiger partial charge in [-0.05, 0) is 42.6 Å². The molecule has 1 unspecified atom stereocenters. The molecule has 0 heterocycles. The Hall–Kier alpha value is -1.80. The fourth-order valence-electron chi connectivity index (χ4n) is 2.83. The van der Waals surface area contributed by atoms with Gasteiger partial charge in [0, 0.05) is 5.92 Å². The topological polar surface area (TPSA) is 35.2 Å². The second-order valence-electron chi connectivity index (χ2n) is 6.10. The van der Waals surface area contributed by atoms with Crippen LogP contribution in [0.5, 0.6) is 5.75 Å². The van der Waals surface area contributed by atoms with E-state index in [0.717, 1.165) is 25.2 Å². The van der Waals surface area contributed by atoms with E-state index in [1.165, 1.54) is 30.4 Å². The van der Waals surface area contributed by atoms with E-state index in [1.54, 1.807) is 0 Å². The lowest BCUT2D eigenvalue weighted by Gasteiger charge is -2.16. The molecule has 0 saturated carbocycles. The highest BCUT2D eigenvalue weighted by atomic mass is 16.5. The first-order chi connectivity index (χ1) is 11.3. The minimum atomic E-state index is 0.357. The standard InChI is InChI=1S/C21H29NO/c1-2-3-4-8-14-23-21-13-9-10-18(16-21)15-20(17-22)19-11-6-5-7-12-19/h5-7,9-13,16,20H,2-4,8,14-15,17,22H2,1H3. The molecular formula is C21H29NO. The number of hydrogen-bond donors (Lipinski definition) is 1. The number of ether oxygens (including phenoxy) is 1. The largest absolute Gasteiger partial charge is 0.494 e. The van der Waals surface area contributed by atoms with Crippen LogP contribution >= 0.6 is 0 Å². The van der Waals surface area contributed by atoms with Crippen molar-refractivity contribution in [2.45, 2.75) is 44.9 Å². The van der Waals surface area contributed by atoms with Crippen molar-refractivity contribution in [1.29, 1.82) is 0 Å². The first kappa shape index (κ1) is 17.6. The van der Waals surface area contributed by atoms with Gasteiger partial charge in [-0.25, -0.2) is 0 Å². The number of nitrogens with two attached hydrogens (primary N) is 1. The Morgan fingerprint density at radius 1 is 0.957 bits per heavy atom. The van der Waals surface area contributed by atoms with Gasteiger partial charge in [0.2, 0.25) is 0 Å². The van der Waals surface area contributed by atoms with Gasteiger partial charge in [-0.1, -0.05) is 68.7 Å². The van der Waals surface area contributed by atoms with Crippen molar-refractivity contribution < 1.29 is 4.74 Å². The third-order valence-electron chi connectivity index (χ3n) is 4.20. The summed E-state index contributed by atoms with van der Waals surface area (Å²) < 4.78 is 5.88. The van der Waals surface area contributed by atoms with Gasteiger partial charge in [0.05, 0.1) is 6.61 Å². The normalized spacial score (nSPS) is 12.1. The Kier molecular flexibility index (Phi) is 7.68. The first-order valence-electron chi connectivity index (χ1n) is 8.80. The van der Waals surface area contributed by atoms with Gasteiger partial charge in [0.1, 0.15) is 5.75 Å². The first-order valence-corrected chi connectivity index (χ1v) is 8.80. The zero-order valence-corrected chi connectivity index (χ0v) is 14.2. The van der Waals surface area contributed by atoms with E-state index in [2.05, 4.69) is 49.4 Å². The van der Waals surface area contributed by atoms with Gasteiger partial charge in [0.15, 0.2) is 0 Å². The molecule has 0 aliphatic rings. The Labute approximate surface area is 140 Å². The van der Waals surface area contributed by atoms with Crippen molar-refractivity contribution in [3.05, 3.63) is 65.7 Å². The van der Waals surface area contributed by atoms with Crippen molar-refractivity contribution in [1.82, 2.24) is 0 Å². The lowest BCUT2D eigenvalue weighted by atomic mass is 9.92. The number of hydrogen-bond acceptors (Lipinski definition) is 2. The van der Waals surface area contributed by atoms with E-state index in [1.807, 2.05) is 12.1 Å². The highest BCUT2D eigenvalue weighted by molar-refractivity contribution is 5.31. The summed E-state index contributed by atoms with van der Waals surface area (Å²) in [5, 5.41) is 0. The molecule has 2 aromatic carbocycles. The maximum Gasteiger partial charge on any atom is 0.119 e. The van der Waals surface area contributed by atoms with Crippen LogP contribution in [-0.2, 0) is 6.42 Å². The van der Waals surface area contributed by atoms with Gasteiger partial charge in [-0.2, -0.15) is 0 Å². The molecular weight excluding hydrogens is 282 g/mol. The number of rotatable bonds is 10. The molecule has 0 aromatic heterocycles. The van der Waals surface area contributed by atoms with E-state index in [-0.39, 0.29) is 0 Å². The maximum absolute atomic E-state index is 5.99. The van der Waals surface area contributed by atoms with Crippen molar-refractivity contribution >= 4 is 0 Å². The van der Waals surface area contributed by atoms with E-state index < -0.39 is 0 Å². The minimum absolute atomic E-state index is 0.357. The molecule has 1 atom stereocenters. The quantitative estimate of drug-likeness (QED) is 0.631. The van der Waals surface area contributed by atoms with Gasteiger partial charge in [0.25, 0.3) is 0 Å². The van der Waals surface area contributed by atoms with Crippen LogP contribution in [0.2, 0.25) is 0 Å². The average molecular weight is 311 g/mol. The van der Waals surface area contributed by atoms with Crippen LogP contribution in [0.15, 0.2) is 54.6 Å². The molecule has 0 saturated heterocycles. The third-order valence-corrected chi connectivity index (χ3v) is 4.20. The van der Waals surface area contributed by atoms with Crippen LogP contribution in [0.1, 0.15) is 49.7 Å². The Balaban J connectivity index is 1.91. The molecule has 2 aromatic rings. The van der Waals surface area contributed by atoms with Crippen molar-refractivity contribution in [3.63, 3.8) is 0 Å². The molecule has 0 aliphatic carbocycles. The van der Waals surface area contributed by atoms with Crippen molar-refractivity contribution in [3.8, 4) is 5.75 Å². The Morgan fingerprint density at radius 3 is 2.52 bits per heavy atom. The number of benzene rings is 2. The lowest BCUT2D eigenvalue weighted by Crippen LogP contribution is -2.15. The fourth-order valence-corrected chi connectivity index (χ4v) is 2.83. The Morgan fingerprint density at radius 2 is 1.78 bits per heavy atom. The highest BCUT2D eigenvalue weighted by Crippen LogP contribution is 2.22. The third kappa shape index (κ3) is 6.07. The summed E-state index contributed by atoms with van der Waals surface area (Å²) in [6.45, 7) is 3.69. The van der Waals surface area contributed by atoms with Crippen LogP contribution in [0.25, 0.3) is 0 Å². The number of unbranched alkanes of at least 4 members (excludes halogenated alkanes) is 3. The predicted molar refractivity (Wildman–Crippen MR) is 98.0 cm³/mol. The molecule has 0 amide bonds. The zero-order chi connectivity index (χ0) is 16.3. The van der Waals surface area contributed by atoms with Gasteiger partial charge in [-0.15, -0.1) is 0 Å². The van der Waals surface area contributed by atoms with Gasteiger partial charge < -0.3 is 10.5 Å². The van der Waals surface area contributed by atoms with E-state index in [9.17, 15) is 0 Å². The van der Waals surface area contributed by atoms with Crippen LogP contribution < -0.4 is 10.5 Å². The second kappa shape index (κ2) is 10.1. The lowest BCUT2D eigenvalue weighted by molar-refractivity contribution is 0.304. The smallest absolute Gasteiger partial charge is 0.119 e. The van der Waals surface area contributed by atoms with E-state index in [4.69, 9.17) is 10.5 Å². The second-order valence-corrected chi connectivity index (χ2v) is 6.10.